The maximum Gasteiger partial charge on any atom is 0.418 e. The molecule has 0 spiro atoms. The second-order valence-corrected chi connectivity index (χ2v) is 6.56. The van der Waals surface area contributed by atoms with Gasteiger partial charge >= 0.3 is 6.18 Å². The van der Waals surface area contributed by atoms with E-state index < -0.39 is 17.2 Å². The SMILES string of the molecule is CC(C)(C)c1c(N)nnn1-c1ccc(Br)cc1C(F)(F)F. The van der Waals surface area contributed by atoms with E-state index in [2.05, 4.69) is 26.2 Å². The third kappa shape index (κ3) is 3.04. The minimum absolute atomic E-state index is 0.0974. The Morgan fingerprint density at radius 1 is 1.19 bits per heavy atom. The van der Waals surface area contributed by atoms with Crippen molar-refractivity contribution in [1.82, 2.24) is 15.0 Å². The zero-order chi connectivity index (χ0) is 16.0. The van der Waals surface area contributed by atoms with Crippen molar-refractivity contribution in [3.8, 4) is 5.69 Å². The average Bonchev–Trinajstić information content (AvgIpc) is 2.69. The molecule has 0 atom stereocenters. The van der Waals surface area contributed by atoms with Crippen LogP contribution in [0.1, 0.15) is 32.0 Å². The fraction of sp³-hybridized carbons (Fsp3) is 0.385. The van der Waals surface area contributed by atoms with Crippen LogP contribution in [0.2, 0.25) is 0 Å². The monoisotopic (exact) mass is 362 g/mol. The molecule has 2 rings (SSSR count). The van der Waals surface area contributed by atoms with E-state index in [0.717, 1.165) is 10.7 Å². The number of anilines is 1. The van der Waals surface area contributed by atoms with Crippen LogP contribution in [0.25, 0.3) is 5.69 Å². The number of benzene rings is 1. The fourth-order valence-electron chi connectivity index (χ4n) is 2.08. The van der Waals surface area contributed by atoms with Gasteiger partial charge in [0, 0.05) is 9.89 Å². The van der Waals surface area contributed by atoms with Gasteiger partial charge in [-0.1, -0.05) is 41.9 Å². The number of alkyl halides is 3. The minimum Gasteiger partial charge on any atom is -0.381 e. The van der Waals surface area contributed by atoms with Crippen molar-refractivity contribution < 1.29 is 13.2 Å². The summed E-state index contributed by atoms with van der Waals surface area (Å²) in [5.41, 5.74) is 4.82. The van der Waals surface area contributed by atoms with E-state index in [-0.39, 0.29) is 11.5 Å². The molecule has 2 aromatic rings. The summed E-state index contributed by atoms with van der Waals surface area (Å²) in [6.07, 6.45) is -4.50. The number of rotatable bonds is 1. The molecule has 0 radical (unpaired) electrons. The van der Waals surface area contributed by atoms with Crippen LogP contribution in [-0.2, 0) is 11.6 Å². The van der Waals surface area contributed by atoms with Crippen LogP contribution >= 0.6 is 15.9 Å². The Labute approximate surface area is 128 Å². The average molecular weight is 363 g/mol. The zero-order valence-electron chi connectivity index (χ0n) is 11.7. The molecule has 114 valence electrons. The van der Waals surface area contributed by atoms with Gasteiger partial charge in [-0.25, -0.2) is 4.68 Å². The summed E-state index contributed by atoms with van der Waals surface area (Å²) >= 11 is 3.05. The lowest BCUT2D eigenvalue weighted by Gasteiger charge is -2.22. The Bertz CT molecular complexity index is 671. The van der Waals surface area contributed by atoms with E-state index in [0.29, 0.717) is 10.2 Å². The van der Waals surface area contributed by atoms with E-state index in [1.807, 2.05) is 20.8 Å². The summed E-state index contributed by atoms with van der Waals surface area (Å²) < 4.78 is 41.2. The molecule has 0 aliphatic rings. The predicted octanol–water partition coefficient (Wildman–Crippen LogP) is 3.93. The van der Waals surface area contributed by atoms with Crippen molar-refractivity contribution in [1.29, 1.82) is 0 Å². The fourth-order valence-corrected chi connectivity index (χ4v) is 2.45. The van der Waals surface area contributed by atoms with E-state index in [1.165, 1.54) is 12.1 Å². The van der Waals surface area contributed by atoms with E-state index in [1.54, 1.807) is 0 Å². The van der Waals surface area contributed by atoms with Gasteiger partial charge in [-0.3, -0.25) is 0 Å². The molecule has 0 saturated carbocycles. The second-order valence-electron chi connectivity index (χ2n) is 5.64. The molecular formula is C13H14BrF3N4. The number of hydrogen-bond donors (Lipinski definition) is 1. The molecule has 0 amide bonds. The summed E-state index contributed by atoms with van der Waals surface area (Å²) in [5.74, 6) is 0.124. The Kier molecular flexibility index (Phi) is 3.77. The first-order valence-corrected chi connectivity index (χ1v) is 6.90. The quantitative estimate of drug-likeness (QED) is 0.835. The first-order chi connectivity index (χ1) is 9.51. The van der Waals surface area contributed by atoms with Crippen LogP contribution in [-0.4, -0.2) is 15.0 Å². The third-order valence-electron chi connectivity index (χ3n) is 2.90. The van der Waals surface area contributed by atoms with Crippen molar-refractivity contribution in [2.45, 2.75) is 32.4 Å². The number of nitrogens with two attached hydrogens (primary N) is 1. The second kappa shape index (κ2) is 5.01. The van der Waals surface area contributed by atoms with Crippen molar-refractivity contribution in [3.63, 3.8) is 0 Å². The lowest BCUT2D eigenvalue weighted by atomic mass is 9.91. The highest BCUT2D eigenvalue weighted by Gasteiger charge is 2.36. The normalized spacial score (nSPS) is 12.7. The number of nitrogen functional groups attached to an aromatic ring is 1. The van der Waals surface area contributed by atoms with Crippen LogP contribution in [0.15, 0.2) is 22.7 Å². The molecular weight excluding hydrogens is 349 g/mol. The van der Waals surface area contributed by atoms with Gasteiger partial charge in [0.2, 0.25) is 0 Å². The Morgan fingerprint density at radius 2 is 1.81 bits per heavy atom. The molecule has 0 unspecified atom stereocenters. The summed E-state index contributed by atoms with van der Waals surface area (Å²) in [4.78, 5) is 0. The highest BCUT2D eigenvalue weighted by Crippen LogP contribution is 2.37. The van der Waals surface area contributed by atoms with Crippen molar-refractivity contribution in [2.24, 2.45) is 0 Å². The zero-order valence-corrected chi connectivity index (χ0v) is 13.2. The van der Waals surface area contributed by atoms with Gasteiger partial charge in [-0.05, 0) is 18.2 Å². The number of halogens is 4. The van der Waals surface area contributed by atoms with Crippen molar-refractivity contribution in [2.75, 3.05) is 5.73 Å². The molecule has 1 heterocycles. The van der Waals surface area contributed by atoms with Crippen LogP contribution in [0, 0.1) is 0 Å². The van der Waals surface area contributed by atoms with Crippen molar-refractivity contribution in [3.05, 3.63) is 33.9 Å². The maximum absolute atomic E-state index is 13.2. The summed E-state index contributed by atoms with van der Waals surface area (Å²) in [5, 5.41) is 7.50. The molecule has 8 heteroatoms. The number of aromatic nitrogens is 3. The van der Waals surface area contributed by atoms with Crippen LogP contribution < -0.4 is 5.73 Å². The molecule has 0 aliphatic heterocycles. The molecule has 2 N–H and O–H groups in total. The Morgan fingerprint density at radius 3 is 2.33 bits per heavy atom. The maximum atomic E-state index is 13.2. The minimum atomic E-state index is -4.50. The molecule has 1 aromatic heterocycles. The van der Waals surface area contributed by atoms with Gasteiger partial charge in [0.05, 0.1) is 16.9 Å². The third-order valence-corrected chi connectivity index (χ3v) is 3.39. The van der Waals surface area contributed by atoms with Gasteiger partial charge in [-0.2, -0.15) is 13.2 Å². The van der Waals surface area contributed by atoms with Crippen LogP contribution in [0.4, 0.5) is 19.0 Å². The van der Waals surface area contributed by atoms with Gasteiger partial charge < -0.3 is 5.73 Å². The van der Waals surface area contributed by atoms with Gasteiger partial charge in [-0.15, -0.1) is 5.10 Å². The topological polar surface area (TPSA) is 56.7 Å². The van der Waals surface area contributed by atoms with Gasteiger partial charge in [0.25, 0.3) is 0 Å². The summed E-state index contributed by atoms with van der Waals surface area (Å²) in [7, 11) is 0. The molecule has 0 aliphatic carbocycles. The van der Waals surface area contributed by atoms with E-state index in [4.69, 9.17) is 5.73 Å². The van der Waals surface area contributed by atoms with Gasteiger partial charge in [0.1, 0.15) is 0 Å². The highest BCUT2D eigenvalue weighted by atomic mass is 79.9. The first kappa shape index (κ1) is 15.8. The molecule has 4 nitrogen and oxygen atoms in total. The van der Waals surface area contributed by atoms with Crippen molar-refractivity contribution >= 4 is 21.7 Å². The molecule has 21 heavy (non-hydrogen) atoms. The summed E-state index contributed by atoms with van der Waals surface area (Å²) in [6.45, 7) is 5.51. The van der Waals surface area contributed by atoms with E-state index in [9.17, 15) is 13.2 Å². The highest BCUT2D eigenvalue weighted by molar-refractivity contribution is 9.10. The molecule has 0 bridgehead atoms. The van der Waals surface area contributed by atoms with Gasteiger partial charge in [0.15, 0.2) is 5.82 Å². The largest absolute Gasteiger partial charge is 0.418 e. The summed E-state index contributed by atoms with van der Waals surface area (Å²) in [6, 6.07) is 3.88. The molecule has 0 saturated heterocycles. The smallest absolute Gasteiger partial charge is 0.381 e. The predicted molar refractivity (Wildman–Crippen MR) is 77.2 cm³/mol. The number of nitrogens with zero attached hydrogens (tertiary/aromatic N) is 3. The molecule has 0 fully saturated rings. The molecule has 1 aromatic carbocycles. The Hall–Kier alpha value is -1.57. The first-order valence-electron chi connectivity index (χ1n) is 6.10. The Balaban J connectivity index is 2.75. The number of hydrogen-bond acceptors (Lipinski definition) is 3. The van der Waals surface area contributed by atoms with Crippen LogP contribution in [0.5, 0.6) is 0 Å². The van der Waals surface area contributed by atoms with Crippen LogP contribution in [0.3, 0.4) is 0 Å². The standard InChI is InChI=1S/C13H14BrF3N4/c1-12(2,3)10-11(18)19-20-21(10)9-5-4-7(14)6-8(9)13(15,16)17/h4-6H,18H2,1-3H3. The van der Waals surface area contributed by atoms with E-state index >= 15 is 0 Å². The lowest BCUT2D eigenvalue weighted by Crippen LogP contribution is -2.21. The lowest BCUT2D eigenvalue weighted by molar-refractivity contribution is -0.137.